The van der Waals surface area contributed by atoms with Gasteiger partial charge in [-0.15, -0.1) is 10.2 Å². The summed E-state index contributed by atoms with van der Waals surface area (Å²) in [5, 5.41) is 7.94. The zero-order chi connectivity index (χ0) is 15.6. The maximum atomic E-state index is 12.6. The predicted molar refractivity (Wildman–Crippen MR) is 79.1 cm³/mol. The van der Waals surface area contributed by atoms with Gasteiger partial charge in [-0.05, 0) is 18.8 Å². The van der Waals surface area contributed by atoms with Gasteiger partial charge < -0.3 is 9.30 Å². The van der Waals surface area contributed by atoms with Gasteiger partial charge in [-0.2, -0.15) is 4.31 Å². The molecular weight excluding hydrogens is 292 g/mol. The van der Waals surface area contributed by atoms with Crippen molar-refractivity contribution in [3.8, 4) is 0 Å². The van der Waals surface area contributed by atoms with Crippen molar-refractivity contribution in [2.75, 3.05) is 19.4 Å². The SMILES string of the molecule is CO[C@@H]1C[C@@H](c2nncn2C)N(S(=O)(=O)CCC(C)C)C1. The molecule has 1 fully saturated rings. The molecule has 1 aliphatic heterocycles. The van der Waals surface area contributed by atoms with Gasteiger partial charge in [-0.25, -0.2) is 8.42 Å². The van der Waals surface area contributed by atoms with Crippen LogP contribution in [-0.2, 0) is 21.8 Å². The van der Waals surface area contributed by atoms with Crippen LogP contribution in [0.1, 0.15) is 38.6 Å². The fourth-order valence-corrected chi connectivity index (χ4v) is 4.54. The molecule has 0 saturated carbocycles. The van der Waals surface area contributed by atoms with E-state index in [0.717, 1.165) is 0 Å². The number of methoxy groups -OCH3 is 1. The molecule has 1 saturated heterocycles. The first-order valence-corrected chi connectivity index (χ1v) is 8.82. The van der Waals surface area contributed by atoms with E-state index in [-0.39, 0.29) is 17.9 Å². The molecule has 0 spiro atoms. The lowest BCUT2D eigenvalue weighted by molar-refractivity contribution is 0.114. The van der Waals surface area contributed by atoms with E-state index < -0.39 is 10.0 Å². The third-order valence-corrected chi connectivity index (χ3v) is 5.78. The Bertz CT molecular complexity index is 570. The molecule has 8 heteroatoms. The van der Waals surface area contributed by atoms with E-state index in [4.69, 9.17) is 4.74 Å². The average Bonchev–Trinajstić information content (AvgIpc) is 3.02. The number of sulfonamides is 1. The maximum absolute atomic E-state index is 12.6. The average molecular weight is 316 g/mol. The highest BCUT2D eigenvalue weighted by atomic mass is 32.2. The summed E-state index contributed by atoms with van der Waals surface area (Å²) in [4.78, 5) is 0. The molecule has 21 heavy (non-hydrogen) atoms. The van der Waals surface area contributed by atoms with Crippen molar-refractivity contribution >= 4 is 10.0 Å². The van der Waals surface area contributed by atoms with Crippen molar-refractivity contribution in [3.63, 3.8) is 0 Å². The van der Waals surface area contributed by atoms with Crippen LogP contribution in [0.15, 0.2) is 6.33 Å². The van der Waals surface area contributed by atoms with Gasteiger partial charge in [0.15, 0.2) is 5.82 Å². The van der Waals surface area contributed by atoms with Crippen molar-refractivity contribution in [1.82, 2.24) is 19.1 Å². The highest BCUT2D eigenvalue weighted by Gasteiger charge is 2.42. The fraction of sp³-hybridized carbons (Fsp3) is 0.846. The Balaban J connectivity index is 2.24. The molecule has 0 N–H and O–H groups in total. The van der Waals surface area contributed by atoms with Crippen LogP contribution in [0.3, 0.4) is 0 Å². The quantitative estimate of drug-likeness (QED) is 0.781. The Morgan fingerprint density at radius 3 is 2.71 bits per heavy atom. The second-order valence-corrected chi connectivity index (χ2v) is 8.02. The summed E-state index contributed by atoms with van der Waals surface area (Å²) in [6.07, 6.45) is 2.76. The molecule has 0 unspecified atom stereocenters. The van der Waals surface area contributed by atoms with Crippen LogP contribution >= 0.6 is 0 Å². The highest BCUT2D eigenvalue weighted by Crippen LogP contribution is 2.34. The van der Waals surface area contributed by atoms with E-state index in [1.165, 1.54) is 4.31 Å². The molecule has 0 radical (unpaired) electrons. The molecule has 0 aliphatic carbocycles. The summed E-state index contributed by atoms with van der Waals surface area (Å²) in [5.41, 5.74) is 0. The van der Waals surface area contributed by atoms with E-state index in [1.54, 1.807) is 18.0 Å². The number of aromatic nitrogens is 3. The van der Waals surface area contributed by atoms with E-state index in [0.29, 0.717) is 31.1 Å². The molecule has 1 aromatic heterocycles. The van der Waals surface area contributed by atoms with E-state index in [1.807, 2.05) is 20.9 Å². The molecule has 1 aromatic rings. The molecule has 0 aromatic carbocycles. The van der Waals surface area contributed by atoms with Gasteiger partial charge in [0.25, 0.3) is 0 Å². The minimum atomic E-state index is -3.32. The minimum absolute atomic E-state index is 0.0967. The standard InChI is InChI=1S/C13H24N4O3S/c1-10(2)5-6-21(18,19)17-8-11(20-4)7-12(17)13-15-14-9-16(13)3/h9-12H,5-8H2,1-4H3/t11-,12+/m1/s1. The molecule has 2 heterocycles. The zero-order valence-corrected chi connectivity index (χ0v) is 13.9. The number of nitrogens with zero attached hydrogens (tertiary/aromatic N) is 4. The summed E-state index contributed by atoms with van der Waals surface area (Å²) >= 11 is 0. The summed E-state index contributed by atoms with van der Waals surface area (Å²) in [6, 6.07) is -0.292. The maximum Gasteiger partial charge on any atom is 0.214 e. The second kappa shape index (κ2) is 6.41. The van der Waals surface area contributed by atoms with Crippen LogP contribution in [0.4, 0.5) is 0 Å². The Hall–Kier alpha value is -0.990. The van der Waals surface area contributed by atoms with Gasteiger partial charge in [0.05, 0.1) is 17.9 Å². The lowest BCUT2D eigenvalue weighted by Gasteiger charge is -2.23. The summed E-state index contributed by atoms with van der Waals surface area (Å²) < 4.78 is 33.9. The Kier molecular flexibility index (Phi) is 5.00. The Labute approximate surface area is 126 Å². The van der Waals surface area contributed by atoms with Crippen LogP contribution in [0, 0.1) is 5.92 Å². The fourth-order valence-electron chi connectivity index (χ4n) is 2.58. The largest absolute Gasteiger partial charge is 0.380 e. The highest BCUT2D eigenvalue weighted by molar-refractivity contribution is 7.89. The number of hydrogen-bond acceptors (Lipinski definition) is 5. The van der Waals surface area contributed by atoms with Gasteiger partial charge in [0, 0.05) is 20.7 Å². The minimum Gasteiger partial charge on any atom is -0.380 e. The first-order chi connectivity index (χ1) is 9.85. The van der Waals surface area contributed by atoms with Crippen molar-refractivity contribution in [2.45, 2.75) is 38.8 Å². The topological polar surface area (TPSA) is 77.3 Å². The first-order valence-electron chi connectivity index (χ1n) is 7.21. The third-order valence-electron chi connectivity index (χ3n) is 3.91. The number of hydrogen-bond donors (Lipinski definition) is 0. The van der Waals surface area contributed by atoms with Gasteiger partial charge in [0.2, 0.25) is 10.0 Å². The van der Waals surface area contributed by atoms with E-state index in [9.17, 15) is 8.42 Å². The predicted octanol–water partition coefficient (Wildman–Crippen LogP) is 0.953. The van der Waals surface area contributed by atoms with Crippen molar-refractivity contribution in [1.29, 1.82) is 0 Å². The monoisotopic (exact) mass is 316 g/mol. The summed E-state index contributed by atoms with van der Waals surface area (Å²) in [5.74, 6) is 1.19. The lowest BCUT2D eigenvalue weighted by atomic mass is 10.2. The molecule has 2 rings (SSSR count). The zero-order valence-electron chi connectivity index (χ0n) is 13.1. The number of aryl methyl sites for hydroxylation is 1. The molecule has 1 aliphatic rings. The van der Waals surface area contributed by atoms with E-state index in [2.05, 4.69) is 10.2 Å². The lowest BCUT2D eigenvalue weighted by Crippen LogP contribution is -2.35. The van der Waals surface area contributed by atoms with Crippen LogP contribution in [0.5, 0.6) is 0 Å². The van der Waals surface area contributed by atoms with Gasteiger partial charge >= 0.3 is 0 Å². The van der Waals surface area contributed by atoms with Crippen molar-refractivity contribution in [2.24, 2.45) is 13.0 Å². The van der Waals surface area contributed by atoms with E-state index >= 15 is 0 Å². The molecule has 0 amide bonds. The molecule has 7 nitrogen and oxygen atoms in total. The van der Waals surface area contributed by atoms with Crippen LogP contribution in [0.25, 0.3) is 0 Å². The molecule has 0 bridgehead atoms. The third kappa shape index (κ3) is 3.61. The van der Waals surface area contributed by atoms with Gasteiger partial charge in [0.1, 0.15) is 6.33 Å². The molecule has 2 atom stereocenters. The Morgan fingerprint density at radius 1 is 1.48 bits per heavy atom. The van der Waals surface area contributed by atoms with Gasteiger partial charge in [-0.1, -0.05) is 13.8 Å². The van der Waals surface area contributed by atoms with Crippen LogP contribution in [-0.4, -0.2) is 53.0 Å². The molecule has 120 valence electrons. The number of rotatable bonds is 6. The van der Waals surface area contributed by atoms with Crippen LogP contribution in [0.2, 0.25) is 0 Å². The normalized spacial score (nSPS) is 24.0. The van der Waals surface area contributed by atoms with Crippen LogP contribution < -0.4 is 0 Å². The van der Waals surface area contributed by atoms with Crippen molar-refractivity contribution in [3.05, 3.63) is 12.2 Å². The molecular formula is C13H24N4O3S. The van der Waals surface area contributed by atoms with Crippen molar-refractivity contribution < 1.29 is 13.2 Å². The summed E-state index contributed by atoms with van der Waals surface area (Å²) in [6.45, 7) is 4.43. The summed E-state index contributed by atoms with van der Waals surface area (Å²) in [7, 11) is 0.124. The number of ether oxygens (including phenoxy) is 1. The smallest absolute Gasteiger partial charge is 0.214 e. The first kappa shape index (κ1) is 16.4. The second-order valence-electron chi connectivity index (χ2n) is 5.98. The van der Waals surface area contributed by atoms with Gasteiger partial charge in [-0.3, -0.25) is 0 Å². The Morgan fingerprint density at radius 2 is 2.19 bits per heavy atom.